The lowest BCUT2D eigenvalue weighted by atomic mass is 10.2. The molecule has 15 heavy (non-hydrogen) atoms. The van der Waals surface area contributed by atoms with Crippen LogP contribution in [-0.4, -0.2) is 5.25 Å². The van der Waals surface area contributed by atoms with Crippen LogP contribution in [0.4, 0.5) is 5.69 Å². The average Bonchev–Trinajstić information content (AvgIpc) is 2.21. The molecule has 0 aliphatic rings. The molecule has 0 fully saturated rings. The predicted octanol–water partition coefficient (Wildman–Crippen LogP) is 4.37. The van der Waals surface area contributed by atoms with Gasteiger partial charge in [-0.05, 0) is 24.6 Å². The third-order valence-corrected chi connectivity index (χ3v) is 3.68. The van der Waals surface area contributed by atoms with Crippen LogP contribution < -0.4 is 5.73 Å². The molecule has 0 aromatic heterocycles. The third kappa shape index (κ3) is 3.80. The van der Waals surface area contributed by atoms with Gasteiger partial charge in [0.25, 0.3) is 0 Å². The van der Waals surface area contributed by atoms with E-state index < -0.39 is 0 Å². The Hall–Kier alpha value is -0.600. The largest absolute Gasteiger partial charge is 0.398 e. The summed E-state index contributed by atoms with van der Waals surface area (Å²) in [7, 11) is 0. The van der Waals surface area contributed by atoms with Gasteiger partial charge in [-0.15, -0.1) is 18.3 Å². The van der Waals surface area contributed by atoms with E-state index in [0.717, 1.165) is 23.4 Å². The normalized spacial score (nSPS) is 12.4. The molecule has 0 bridgehead atoms. The van der Waals surface area contributed by atoms with Crippen LogP contribution in [0, 0.1) is 0 Å². The van der Waals surface area contributed by atoms with Crippen molar-refractivity contribution in [2.75, 3.05) is 5.73 Å². The highest BCUT2D eigenvalue weighted by atomic mass is 35.5. The Balaban J connectivity index is 2.74. The van der Waals surface area contributed by atoms with Gasteiger partial charge in [0.15, 0.2) is 0 Å². The van der Waals surface area contributed by atoms with Crippen LogP contribution in [0.1, 0.15) is 19.8 Å². The Bertz CT molecular complexity index is 338. The molecule has 0 aliphatic carbocycles. The van der Waals surface area contributed by atoms with E-state index in [0.29, 0.717) is 10.3 Å². The van der Waals surface area contributed by atoms with Gasteiger partial charge in [0, 0.05) is 20.9 Å². The topological polar surface area (TPSA) is 26.0 Å². The van der Waals surface area contributed by atoms with Crippen LogP contribution >= 0.6 is 23.4 Å². The first-order valence-corrected chi connectivity index (χ1v) is 6.27. The van der Waals surface area contributed by atoms with Crippen molar-refractivity contribution in [2.24, 2.45) is 0 Å². The Kier molecular flexibility index (Phi) is 5.06. The molecule has 0 heterocycles. The summed E-state index contributed by atoms with van der Waals surface area (Å²) in [5.74, 6) is 0. The molecule has 1 nitrogen and oxygen atoms in total. The zero-order valence-electron chi connectivity index (χ0n) is 8.87. The quantitative estimate of drug-likeness (QED) is 0.471. The maximum atomic E-state index is 5.88. The lowest BCUT2D eigenvalue weighted by Gasteiger charge is -2.12. The first-order chi connectivity index (χ1) is 7.17. The molecule has 1 atom stereocenters. The first-order valence-electron chi connectivity index (χ1n) is 5.01. The molecule has 82 valence electrons. The van der Waals surface area contributed by atoms with Gasteiger partial charge in [-0.1, -0.05) is 31.0 Å². The lowest BCUT2D eigenvalue weighted by Crippen LogP contribution is -1.98. The highest BCUT2D eigenvalue weighted by Crippen LogP contribution is 2.32. The summed E-state index contributed by atoms with van der Waals surface area (Å²) < 4.78 is 0. The van der Waals surface area contributed by atoms with Gasteiger partial charge >= 0.3 is 0 Å². The van der Waals surface area contributed by atoms with Crippen LogP contribution in [0.25, 0.3) is 0 Å². The van der Waals surface area contributed by atoms with Crippen LogP contribution in [0.3, 0.4) is 0 Å². The minimum absolute atomic E-state index is 0.429. The van der Waals surface area contributed by atoms with Crippen molar-refractivity contribution < 1.29 is 0 Å². The van der Waals surface area contributed by atoms with E-state index in [4.69, 9.17) is 17.3 Å². The van der Waals surface area contributed by atoms with Crippen molar-refractivity contribution in [1.82, 2.24) is 0 Å². The fourth-order valence-corrected chi connectivity index (χ4v) is 2.60. The van der Waals surface area contributed by atoms with Gasteiger partial charge in [-0.2, -0.15) is 0 Å². The van der Waals surface area contributed by atoms with Gasteiger partial charge in [0.05, 0.1) is 0 Å². The first kappa shape index (κ1) is 12.5. The Morgan fingerprint density at radius 2 is 2.33 bits per heavy atom. The van der Waals surface area contributed by atoms with Crippen molar-refractivity contribution in [3.05, 3.63) is 35.9 Å². The molecule has 0 unspecified atom stereocenters. The van der Waals surface area contributed by atoms with Crippen molar-refractivity contribution in [3.8, 4) is 0 Å². The number of halogens is 1. The van der Waals surface area contributed by atoms with E-state index in [1.54, 1.807) is 17.8 Å². The number of anilines is 1. The molecule has 0 radical (unpaired) electrons. The predicted molar refractivity (Wildman–Crippen MR) is 70.6 cm³/mol. The van der Waals surface area contributed by atoms with Gasteiger partial charge in [-0.25, -0.2) is 0 Å². The second kappa shape index (κ2) is 6.09. The summed E-state index contributed by atoms with van der Waals surface area (Å²) in [6.07, 6.45) is 4.25. The zero-order chi connectivity index (χ0) is 11.3. The Morgan fingerprint density at radius 3 is 2.87 bits per heavy atom. The third-order valence-electron chi connectivity index (χ3n) is 2.09. The SMILES string of the molecule is C=C[C@H](CCC)Sc1ccc(Cl)cc1N. The van der Waals surface area contributed by atoms with E-state index >= 15 is 0 Å². The van der Waals surface area contributed by atoms with E-state index in [1.807, 2.05) is 18.2 Å². The number of hydrogen-bond acceptors (Lipinski definition) is 2. The Morgan fingerprint density at radius 1 is 1.60 bits per heavy atom. The molecular weight excluding hydrogens is 226 g/mol. The molecule has 1 rings (SSSR count). The summed E-state index contributed by atoms with van der Waals surface area (Å²) in [6, 6.07) is 5.62. The van der Waals surface area contributed by atoms with E-state index in [2.05, 4.69) is 13.5 Å². The Labute approximate surface area is 101 Å². The monoisotopic (exact) mass is 241 g/mol. The smallest absolute Gasteiger partial charge is 0.0467 e. The summed E-state index contributed by atoms with van der Waals surface area (Å²) in [5.41, 5.74) is 6.63. The van der Waals surface area contributed by atoms with Crippen LogP contribution in [0.15, 0.2) is 35.7 Å². The maximum Gasteiger partial charge on any atom is 0.0467 e. The highest BCUT2D eigenvalue weighted by molar-refractivity contribution is 8.00. The molecule has 0 amide bonds. The number of nitrogen functional groups attached to an aromatic ring is 1. The molecular formula is C12H16ClNS. The number of benzene rings is 1. The molecule has 1 aromatic rings. The number of rotatable bonds is 5. The van der Waals surface area contributed by atoms with E-state index in [-0.39, 0.29) is 0 Å². The second-order valence-corrected chi connectivity index (χ2v) is 5.08. The van der Waals surface area contributed by atoms with Gasteiger partial charge in [0.1, 0.15) is 0 Å². The summed E-state index contributed by atoms with van der Waals surface area (Å²) in [6.45, 7) is 6.00. The van der Waals surface area contributed by atoms with Crippen molar-refractivity contribution in [1.29, 1.82) is 0 Å². The van der Waals surface area contributed by atoms with Crippen molar-refractivity contribution >= 4 is 29.1 Å². The van der Waals surface area contributed by atoms with Crippen molar-refractivity contribution in [3.63, 3.8) is 0 Å². The molecule has 0 aliphatic heterocycles. The van der Waals surface area contributed by atoms with Crippen molar-refractivity contribution in [2.45, 2.75) is 29.9 Å². The average molecular weight is 242 g/mol. The fraction of sp³-hybridized carbons (Fsp3) is 0.333. The maximum absolute atomic E-state index is 5.88. The number of thioether (sulfide) groups is 1. The molecule has 1 aromatic carbocycles. The molecule has 0 spiro atoms. The summed E-state index contributed by atoms with van der Waals surface area (Å²) >= 11 is 7.59. The van der Waals surface area contributed by atoms with E-state index in [1.165, 1.54) is 0 Å². The summed E-state index contributed by atoms with van der Waals surface area (Å²) in [4.78, 5) is 1.08. The molecule has 3 heteroatoms. The number of nitrogens with two attached hydrogens (primary N) is 1. The van der Waals surface area contributed by atoms with Gasteiger partial charge in [-0.3, -0.25) is 0 Å². The molecule has 0 saturated heterocycles. The molecule has 0 saturated carbocycles. The van der Waals surface area contributed by atoms with Crippen LogP contribution in [0.5, 0.6) is 0 Å². The van der Waals surface area contributed by atoms with E-state index in [9.17, 15) is 0 Å². The number of hydrogen-bond donors (Lipinski definition) is 1. The minimum Gasteiger partial charge on any atom is -0.398 e. The van der Waals surface area contributed by atoms with Gasteiger partial charge < -0.3 is 5.73 Å². The van der Waals surface area contributed by atoms with Gasteiger partial charge in [0.2, 0.25) is 0 Å². The lowest BCUT2D eigenvalue weighted by molar-refractivity contribution is 0.828. The van der Waals surface area contributed by atoms with Crippen LogP contribution in [0.2, 0.25) is 5.02 Å². The minimum atomic E-state index is 0.429. The highest BCUT2D eigenvalue weighted by Gasteiger charge is 2.07. The fourth-order valence-electron chi connectivity index (χ4n) is 1.30. The van der Waals surface area contributed by atoms with Crippen LogP contribution in [-0.2, 0) is 0 Å². The molecule has 2 N–H and O–H groups in total. The second-order valence-electron chi connectivity index (χ2n) is 3.36. The standard InChI is InChI=1S/C12H16ClNS/c1-3-5-10(4-2)15-12-7-6-9(13)8-11(12)14/h4,6-8,10H,2-3,5,14H2,1H3/t10-/m1/s1. The zero-order valence-corrected chi connectivity index (χ0v) is 10.4. The summed E-state index contributed by atoms with van der Waals surface area (Å²) in [5, 5.41) is 1.11.